The molecule has 1 atom stereocenters. The molecule has 0 spiro atoms. The van der Waals surface area contributed by atoms with E-state index in [2.05, 4.69) is 6.58 Å². The summed E-state index contributed by atoms with van der Waals surface area (Å²) in [5, 5.41) is 18.1. The molecule has 1 rings (SSSR count). The van der Waals surface area contributed by atoms with E-state index in [9.17, 15) is 0 Å². The summed E-state index contributed by atoms with van der Waals surface area (Å²) >= 11 is 0. The third-order valence-corrected chi connectivity index (χ3v) is 2.60. The molecule has 0 aliphatic rings. The highest BCUT2D eigenvalue weighted by molar-refractivity contribution is 5.54. The van der Waals surface area contributed by atoms with Crippen LogP contribution >= 0.6 is 0 Å². The number of benzene rings is 1. The lowest BCUT2D eigenvalue weighted by Gasteiger charge is -2.23. The maximum Gasteiger partial charge on any atom is 0.139 e. The molecule has 1 aromatic rings. The lowest BCUT2D eigenvalue weighted by atomic mass is 10.0. The van der Waals surface area contributed by atoms with Crippen molar-refractivity contribution < 1.29 is 4.74 Å². The molecular weight excluding hydrogens is 224 g/mol. The number of nitriles is 2. The first-order chi connectivity index (χ1) is 8.51. The Morgan fingerprint density at radius 1 is 1.28 bits per heavy atom. The minimum Gasteiger partial charge on any atom is -0.484 e. The maximum atomic E-state index is 9.12. The minimum absolute atomic E-state index is 0.161. The molecule has 0 N–H and O–H groups in total. The fourth-order valence-corrected chi connectivity index (χ4v) is 1.78. The van der Waals surface area contributed by atoms with Crippen LogP contribution in [0.5, 0.6) is 5.75 Å². The number of hydrogen-bond acceptors (Lipinski definition) is 3. The fourth-order valence-electron chi connectivity index (χ4n) is 1.78. The molecule has 1 aromatic carbocycles. The molecule has 18 heavy (non-hydrogen) atoms. The van der Waals surface area contributed by atoms with E-state index in [-0.39, 0.29) is 17.6 Å². The molecule has 3 heteroatoms. The molecule has 0 unspecified atom stereocenters. The number of rotatable bonds is 4. The van der Waals surface area contributed by atoms with Crippen molar-refractivity contribution in [2.75, 3.05) is 0 Å². The average molecular weight is 240 g/mol. The summed E-state index contributed by atoms with van der Waals surface area (Å²) in [6.07, 6.45) is -0.161. The van der Waals surface area contributed by atoms with Gasteiger partial charge < -0.3 is 4.74 Å². The highest BCUT2D eigenvalue weighted by Gasteiger charge is 2.18. The number of nitrogens with zero attached hydrogens (tertiary/aromatic N) is 2. The second kappa shape index (κ2) is 5.89. The van der Waals surface area contributed by atoms with Gasteiger partial charge in [-0.1, -0.05) is 26.5 Å². The van der Waals surface area contributed by atoms with Crippen molar-refractivity contribution in [3.63, 3.8) is 0 Å². The van der Waals surface area contributed by atoms with Crippen LogP contribution in [0.15, 0.2) is 30.4 Å². The van der Waals surface area contributed by atoms with Crippen molar-refractivity contribution in [1.82, 2.24) is 0 Å². The second-order valence-electron chi connectivity index (χ2n) is 4.53. The summed E-state index contributed by atoms with van der Waals surface area (Å²) in [6, 6.07) is 9.04. The Bertz CT molecular complexity index is 532. The van der Waals surface area contributed by atoms with E-state index in [1.165, 1.54) is 0 Å². The third-order valence-electron chi connectivity index (χ3n) is 2.60. The van der Waals surface area contributed by atoms with Crippen molar-refractivity contribution in [2.45, 2.75) is 26.9 Å². The van der Waals surface area contributed by atoms with Crippen LogP contribution in [0, 0.1) is 28.6 Å². The standard InChI is InChI=1S/C15H16N2O/c1-10(2)15(11(3)4)18-14-7-5-6-12(8-16)13(14)9-17/h5-7,11,15H,1H2,2-4H3/t15-/m1/s1. The van der Waals surface area contributed by atoms with E-state index >= 15 is 0 Å². The molecule has 0 aromatic heterocycles. The van der Waals surface area contributed by atoms with Gasteiger partial charge in [-0.3, -0.25) is 0 Å². The zero-order valence-electron chi connectivity index (χ0n) is 10.9. The SMILES string of the molecule is C=C(C)[C@@H](Oc1cccc(C#N)c1C#N)C(C)C. The van der Waals surface area contributed by atoms with Gasteiger partial charge in [0.15, 0.2) is 0 Å². The first kappa shape index (κ1) is 13.8. The van der Waals surface area contributed by atoms with Gasteiger partial charge in [-0.25, -0.2) is 0 Å². The van der Waals surface area contributed by atoms with Crippen LogP contribution in [-0.4, -0.2) is 6.10 Å². The molecule has 0 aliphatic heterocycles. The Balaban J connectivity index is 3.16. The summed E-state index contributed by atoms with van der Waals surface area (Å²) in [7, 11) is 0. The van der Waals surface area contributed by atoms with Gasteiger partial charge in [0.2, 0.25) is 0 Å². The van der Waals surface area contributed by atoms with Gasteiger partial charge in [-0.05, 0) is 30.5 Å². The van der Waals surface area contributed by atoms with Gasteiger partial charge in [0.05, 0.1) is 5.56 Å². The summed E-state index contributed by atoms with van der Waals surface area (Å²) in [4.78, 5) is 0. The lowest BCUT2D eigenvalue weighted by Crippen LogP contribution is -2.24. The normalized spacial score (nSPS) is 11.4. The quantitative estimate of drug-likeness (QED) is 0.758. The predicted molar refractivity (Wildman–Crippen MR) is 69.9 cm³/mol. The lowest BCUT2D eigenvalue weighted by molar-refractivity contribution is 0.186. The Morgan fingerprint density at radius 2 is 1.94 bits per heavy atom. The maximum absolute atomic E-state index is 9.12. The van der Waals surface area contributed by atoms with Gasteiger partial charge in [-0.15, -0.1) is 0 Å². The molecule has 3 nitrogen and oxygen atoms in total. The summed E-state index contributed by atoms with van der Waals surface area (Å²) in [5.74, 6) is 0.693. The fraction of sp³-hybridized carbons (Fsp3) is 0.333. The molecular formula is C15H16N2O. The first-order valence-corrected chi connectivity index (χ1v) is 5.76. The number of ether oxygens (including phenoxy) is 1. The van der Waals surface area contributed by atoms with Crippen molar-refractivity contribution in [1.29, 1.82) is 10.5 Å². The summed E-state index contributed by atoms with van der Waals surface area (Å²) in [5.41, 5.74) is 1.52. The molecule has 0 heterocycles. The van der Waals surface area contributed by atoms with Crippen molar-refractivity contribution >= 4 is 0 Å². The zero-order chi connectivity index (χ0) is 13.7. The van der Waals surface area contributed by atoms with Gasteiger partial charge in [0.25, 0.3) is 0 Å². The Kier molecular flexibility index (Phi) is 4.52. The van der Waals surface area contributed by atoms with Gasteiger partial charge in [-0.2, -0.15) is 10.5 Å². The van der Waals surface area contributed by atoms with E-state index in [0.29, 0.717) is 11.3 Å². The van der Waals surface area contributed by atoms with Crippen LogP contribution in [-0.2, 0) is 0 Å². The minimum atomic E-state index is -0.161. The van der Waals surface area contributed by atoms with Crippen LogP contribution in [0.4, 0.5) is 0 Å². The van der Waals surface area contributed by atoms with Crippen molar-refractivity contribution in [2.24, 2.45) is 5.92 Å². The molecule has 92 valence electrons. The average Bonchev–Trinajstić information content (AvgIpc) is 2.34. The van der Waals surface area contributed by atoms with Crippen molar-refractivity contribution in [3.8, 4) is 17.9 Å². The summed E-state index contributed by atoms with van der Waals surface area (Å²) < 4.78 is 5.83. The van der Waals surface area contributed by atoms with E-state index in [1.54, 1.807) is 18.2 Å². The van der Waals surface area contributed by atoms with Crippen molar-refractivity contribution in [3.05, 3.63) is 41.5 Å². The van der Waals surface area contributed by atoms with E-state index in [0.717, 1.165) is 5.57 Å². The van der Waals surface area contributed by atoms with Crippen LogP contribution in [0.2, 0.25) is 0 Å². The highest BCUT2D eigenvalue weighted by Crippen LogP contribution is 2.25. The smallest absolute Gasteiger partial charge is 0.139 e. The third kappa shape index (κ3) is 2.90. The number of hydrogen-bond donors (Lipinski definition) is 0. The van der Waals surface area contributed by atoms with E-state index in [4.69, 9.17) is 15.3 Å². The Labute approximate surface area is 108 Å². The largest absolute Gasteiger partial charge is 0.484 e. The van der Waals surface area contributed by atoms with Gasteiger partial charge >= 0.3 is 0 Å². The molecule has 0 aliphatic carbocycles. The molecule has 0 amide bonds. The Morgan fingerprint density at radius 3 is 2.39 bits per heavy atom. The molecule has 0 saturated carbocycles. The van der Waals surface area contributed by atoms with Gasteiger partial charge in [0.1, 0.15) is 29.6 Å². The summed E-state index contributed by atoms with van der Waals surface area (Å²) in [6.45, 7) is 9.85. The topological polar surface area (TPSA) is 56.8 Å². The van der Waals surface area contributed by atoms with Crippen LogP contribution < -0.4 is 4.74 Å². The monoisotopic (exact) mass is 240 g/mol. The van der Waals surface area contributed by atoms with E-state index < -0.39 is 0 Å². The first-order valence-electron chi connectivity index (χ1n) is 5.76. The molecule has 0 radical (unpaired) electrons. The Hall–Kier alpha value is -2.26. The van der Waals surface area contributed by atoms with Crippen LogP contribution in [0.1, 0.15) is 31.9 Å². The molecule has 0 bridgehead atoms. The van der Waals surface area contributed by atoms with E-state index in [1.807, 2.05) is 32.9 Å². The molecule has 0 saturated heterocycles. The predicted octanol–water partition coefficient (Wildman–Crippen LogP) is 3.41. The van der Waals surface area contributed by atoms with Crippen LogP contribution in [0.25, 0.3) is 0 Å². The second-order valence-corrected chi connectivity index (χ2v) is 4.53. The van der Waals surface area contributed by atoms with Crippen LogP contribution in [0.3, 0.4) is 0 Å². The van der Waals surface area contributed by atoms with Gasteiger partial charge in [0, 0.05) is 0 Å². The highest BCUT2D eigenvalue weighted by atomic mass is 16.5. The molecule has 0 fully saturated rings. The zero-order valence-corrected chi connectivity index (χ0v) is 10.9.